The molecule has 0 radical (unpaired) electrons. The maximum atomic E-state index is 12.0. The lowest BCUT2D eigenvalue weighted by molar-refractivity contribution is 0.101. The molecule has 0 spiro atoms. The van der Waals surface area contributed by atoms with E-state index in [2.05, 4.69) is 25.7 Å². The average molecular weight is 289 g/mol. The fourth-order valence-electron chi connectivity index (χ4n) is 3.29. The highest BCUT2D eigenvalue weighted by atomic mass is 16.5. The van der Waals surface area contributed by atoms with Crippen molar-refractivity contribution in [3.05, 3.63) is 23.8 Å². The first-order valence-electron chi connectivity index (χ1n) is 7.77. The fourth-order valence-corrected chi connectivity index (χ4v) is 3.29. The maximum absolute atomic E-state index is 12.0. The number of hydrogen-bond acceptors (Lipinski definition) is 3. The smallest absolute Gasteiger partial charge is 0.165 e. The lowest BCUT2D eigenvalue weighted by atomic mass is 9.75. The summed E-state index contributed by atoms with van der Waals surface area (Å²) in [4.78, 5) is 14.3. The molecule has 0 unspecified atom stereocenters. The van der Waals surface area contributed by atoms with Crippen LogP contribution in [0.15, 0.2) is 18.2 Å². The van der Waals surface area contributed by atoms with Crippen LogP contribution < -0.4 is 9.64 Å². The van der Waals surface area contributed by atoms with Crippen molar-refractivity contribution in [1.82, 2.24) is 0 Å². The van der Waals surface area contributed by atoms with Crippen molar-refractivity contribution in [2.75, 3.05) is 25.1 Å². The van der Waals surface area contributed by atoms with Gasteiger partial charge in [-0.2, -0.15) is 0 Å². The highest BCUT2D eigenvalue weighted by molar-refractivity contribution is 6.02. The molecule has 2 rings (SSSR count). The Morgan fingerprint density at radius 1 is 1.24 bits per heavy atom. The molecular formula is C18H27NO2. The lowest BCUT2D eigenvalue weighted by Gasteiger charge is -2.40. The van der Waals surface area contributed by atoms with Crippen molar-refractivity contribution in [2.24, 2.45) is 11.3 Å². The first-order valence-corrected chi connectivity index (χ1v) is 7.77. The summed E-state index contributed by atoms with van der Waals surface area (Å²) in [6, 6.07) is 5.87. The molecule has 21 heavy (non-hydrogen) atoms. The molecule has 3 heteroatoms. The third-order valence-electron chi connectivity index (χ3n) is 4.64. The van der Waals surface area contributed by atoms with Gasteiger partial charge < -0.3 is 9.64 Å². The van der Waals surface area contributed by atoms with Crippen LogP contribution in [0.5, 0.6) is 5.75 Å². The zero-order chi connectivity index (χ0) is 15.6. The van der Waals surface area contributed by atoms with Crippen molar-refractivity contribution in [2.45, 2.75) is 40.5 Å². The third-order valence-corrected chi connectivity index (χ3v) is 4.64. The predicted molar refractivity (Wildman–Crippen MR) is 87.4 cm³/mol. The van der Waals surface area contributed by atoms with Gasteiger partial charge in [0, 0.05) is 13.1 Å². The second-order valence-electron chi connectivity index (χ2n) is 7.04. The molecule has 1 aromatic carbocycles. The molecule has 0 saturated carbocycles. The van der Waals surface area contributed by atoms with E-state index >= 15 is 0 Å². The number of rotatable bonds is 3. The fraction of sp³-hybridized carbons (Fsp3) is 0.611. The Morgan fingerprint density at radius 2 is 1.86 bits per heavy atom. The molecule has 1 aliphatic heterocycles. The zero-order valence-corrected chi connectivity index (χ0v) is 13.9. The first-order chi connectivity index (χ1) is 9.84. The summed E-state index contributed by atoms with van der Waals surface area (Å²) < 4.78 is 5.37. The van der Waals surface area contributed by atoms with Gasteiger partial charge in [0.2, 0.25) is 0 Å². The van der Waals surface area contributed by atoms with Gasteiger partial charge in [-0.3, -0.25) is 4.79 Å². The Hall–Kier alpha value is -1.51. The molecule has 3 nitrogen and oxygen atoms in total. The van der Waals surface area contributed by atoms with Gasteiger partial charge in [0.15, 0.2) is 5.78 Å². The SMILES string of the molecule is COc1cccc(N2CCC(C(C)(C)C)CC2)c1C(C)=O. The van der Waals surface area contributed by atoms with Crippen LogP contribution in [0.4, 0.5) is 5.69 Å². The Kier molecular flexibility index (Phi) is 4.60. The molecule has 1 aliphatic rings. The van der Waals surface area contributed by atoms with Crippen LogP contribution >= 0.6 is 0 Å². The number of carbonyl (C=O) groups is 1. The molecule has 1 aromatic rings. The number of methoxy groups -OCH3 is 1. The van der Waals surface area contributed by atoms with Gasteiger partial charge in [0.25, 0.3) is 0 Å². The minimum atomic E-state index is 0.0698. The molecule has 0 aliphatic carbocycles. The maximum Gasteiger partial charge on any atom is 0.165 e. The van der Waals surface area contributed by atoms with E-state index in [0.717, 1.165) is 24.7 Å². The van der Waals surface area contributed by atoms with E-state index in [1.807, 2.05) is 18.2 Å². The second-order valence-corrected chi connectivity index (χ2v) is 7.04. The summed E-state index contributed by atoms with van der Waals surface area (Å²) in [5, 5.41) is 0. The van der Waals surface area contributed by atoms with E-state index in [-0.39, 0.29) is 5.78 Å². The molecule has 1 fully saturated rings. The zero-order valence-electron chi connectivity index (χ0n) is 13.9. The van der Waals surface area contributed by atoms with Gasteiger partial charge >= 0.3 is 0 Å². The van der Waals surface area contributed by atoms with Crippen LogP contribution in [-0.4, -0.2) is 26.0 Å². The third kappa shape index (κ3) is 3.39. The van der Waals surface area contributed by atoms with Gasteiger partial charge in [-0.1, -0.05) is 26.8 Å². The van der Waals surface area contributed by atoms with Gasteiger partial charge in [0.1, 0.15) is 5.75 Å². The summed E-state index contributed by atoms with van der Waals surface area (Å²) >= 11 is 0. The van der Waals surface area contributed by atoms with Crippen molar-refractivity contribution in [1.29, 1.82) is 0 Å². The highest BCUT2D eigenvalue weighted by Crippen LogP contribution is 2.37. The van der Waals surface area contributed by atoms with Crippen molar-refractivity contribution in [3.63, 3.8) is 0 Å². The van der Waals surface area contributed by atoms with Crippen LogP contribution in [0.1, 0.15) is 50.9 Å². The molecule has 0 bridgehead atoms. The normalized spacial score (nSPS) is 16.9. The van der Waals surface area contributed by atoms with Crippen molar-refractivity contribution in [3.8, 4) is 5.75 Å². The largest absolute Gasteiger partial charge is 0.496 e. The van der Waals surface area contributed by atoms with Crippen LogP contribution in [-0.2, 0) is 0 Å². The number of ketones is 1. The Balaban J connectivity index is 2.23. The van der Waals surface area contributed by atoms with Crippen molar-refractivity contribution < 1.29 is 9.53 Å². The number of ether oxygens (including phenoxy) is 1. The molecule has 0 aromatic heterocycles. The number of piperidine rings is 1. The van der Waals surface area contributed by atoms with Gasteiger partial charge in [-0.05, 0) is 43.2 Å². The summed E-state index contributed by atoms with van der Waals surface area (Å²) in [6.07, 6.45) is 2.36. The molecule has 1 heterocycles. The molecule has 0 N–H and O–H groups in total. The van der Waals surface area contributed by atoms with E-state index in [0.29, 0.717) is 16.7 Å². The van der Waals surface area contributed by atoms with Crippen molar-refractivity contribution >= 4 is 11.5 Å². The summed E-state index contributed by atoms with van der Waals surface area (Å²) in [5.41, 5.74) is 2.10. The van der Waals surface area contributed by atoms with Gasteiger partial charge in [0.05, 0.1) is 18.4 Å². The summed E-state index contributed by atoms with van der Waals surface area (Å²) in [7, 11) is 1.62. The number of benzene rings is 1. The molecular weight excluding hydrogens is 262 g/mol. The Bertz CT molecular complexity index is 508. The number of Topliss-reactive ketones (excluding diaryl/α,β-unsaturated/α-hetero) is 1. The summed E-state index contributed by atoms with van der Waals surface area (Å²) in [5.74, 6) is 1.50. The van der Waals surface area contributed by atoms with E-state index in [4.69, 9.17) is 4.74 Å². The molecule has 0 atom stereocenters. The first kappa shape index (κ1) is 15.9. The average Bonchev–Trinajstić information content (AvgIpc) is 2.45. The van der Waals surface area contributed by atoms with Crippen LogP contribution in [0, 0.1) is 11.3 Å². The van der Waals surface area contributed by atoms with E-state index in [1.54, 1.807) is 14.0 Å². The van der Waals surface area contributed by atoms with Crippen LogP contribution in [0.3, 0.4) is 0 Å². The highest BCUT2D eigenvalue weighted by Gasteiger charge is 2.30. The van der Waals surface area contributed by atoms with Gasteiger partial charge in [-0.15, -0.1) is 0 Å². The topological polar surface area (TPSA) is 29.5 Å². The lowest BCUT2D eigenvalue weighted by Crippen LogP contribution is -2.38. The molecule has 1 saturated heterocycles. The quantitative estimate of drug-likeness (QED) is 0.782. The Labute approximate surface area is 128 Å². The van der Waals surface area contributed by atoms with Crippen LogP contribution in [0.2, 0.25) is 0 Å². The summed E-state index contributed by atoms with van der Waals surface area (Å²) in [6.45, 7) is 10.6. The standard InChI is InChI=1S/C18H27NO2/c1-13(20)17-15(7-6-8-16(17)21-5)19-11-9-14(10-12-19)18(2,3)4/h6-8,14H,9-12H2,1-5H3. The number of anilines is 1. The molecule has 116 valence electrons. The van der Waals surface area contributed by atoms with E-state index < -0.39 is 0 Å². The minimum Gasteiger partial charge on any atom is -0.496 e. The van der Waals surface area contributed by atoms with Crippen LogP contribution in [0.25, 0.3) is 0 Å². The molecule has 0 amide bonds. The Morgan fingerprint density at radius 3 is 2.33 bits per heavy atom. The van der Waals surface area contributed by atoms with E-state index in [9.17, 15) is 4.79 Å². The van der Waals surface area contributed by atoms with Gasteiger partial charge in [-0.25, -0.2) is 0 Å². The predicted octanol–water partition coefficient (Wildman–Crippen LogP) is 4.16. The van der Waals surface area contributed by atoms with E-state index in [1.165, 1.54) is 12.8 Å². The number of hydrogen-bond donors (Lipinski definition) is 0. The number of carbonyl (C=O) groups excluding carboxylic acids is 1. The number of nitrogens with zero attached hydrogens (tertiary/aromatic N) is 1. The second kappa shape index (κ2) is 6.08. The monoisotopic (exact) mass is 289 g/mol. The minimum absolute atomic E-state index is 0.0698.